The molecule has 0 N–H and O–H groups in total. The first kappa shape index (κ1) is 14.0. The maximum Gasteiger partial charge on any atom is 0.0367 e. The average Bonchev–Trinajstić information content (AvgIpc) is 2.48. The van der Waals surface area contributed by atoms with Gasteiger partial charge in [-0.2, -0.15) is 0 Å². The lowest BCUT2D eigenvalue weighted by atomic mass is 10.2. The third kappa shape index (κ3) is 4.01. The Bertz CT molecular complexity index is 408. The zero-order valence-electron chi connectivity index (χ0n) is 11.9. The fraction of sp³-hybridized carbons (Fsp3) is 0.529. The Morgan fingerprint density at radius 3 is 2.32 bits per heavy atom. The Kier molecular flexibility index (Phi) is 5.30. The van der Waals surface area contributed by atoms with Gasteiger partial charge in [-0.1, -0.05) is 25.7 Å². The van der Waals surface area contributed by atoms with Crippen LogP contribution < -0.4 is 4.90 Å². The predicted octanol–water partition coefficient (Wildman–Crippen LogP) is 2.98. The van der Waals surface area contributed by atoms with E-state index in [1.807, 2.05) is 12.1 Å². The van der Waals surface area contributed by atoms with Crippen molar-refractivity contribution in [2.45, 2.75) is 26.2 Å². The molecule has 2 nitrogen and oxygen atoms in total. The Hall–Kier alpha value is -1.46. The largest absolute Gasteiger partial charge is 0.369 e. The van der Waals surface area contributed by atoms with Crippen LogP contribution in [0.25, 0.3) is 0 Å². The number of anilines is 1. The first-order valence-electron chi connectivity index (χ1n) is 7.37. The SMILES string of the molecule is C#Cc1ccc(N2CCN(CCCCC)CC2)cc1. The van der Waals surface area contributed by atoms with Gasteiger partial charge >= 0.3 is 0 Å². The summed E-state index contributed by atoms with van der Waals surface area (Å²) < 4.78 is 0. The number of unbranched alkanes of at least 4 members (excludes halogenated alkanes) is 2. The summed E-state index contributed by atoms with van der Waals surface area (Å²) in [6.45, 7) is 8.14. The van der Waals surface area contributed by atoms with Gasteiger partial charge in [0.2, 0.25) is 0 Å². The lowest BCUT2D eigenvalue weighted by molar-refractivity contribution is 0.252. The molecule has 1 heterocycles. The van der Waals surface area contributed by atoms with E-state index in [4.69, 9.17) is 6.42 Å². The van der Waals surface area contributed by atoms with Crippen molar-refractivity contribution in [2.24, 2.45) is 0 Å². The second-order valence-electron chi connectivity index (χ2n) is 5.23. The number of hydrogen-bond donors (Lipinski definition) is 0. The van der Waals surface area contributed by atoms with Crippen LogP contribution in [0, 0.1) is 12.3 Å². The van der Waals surface area contributed by atoms with Gasteiger partial charge in [-0.15, -0.1) is 6.42 Å². The van der Waals surface area contributed by atoms with Crippen LogP contribution in [0.15, 0.2) is 24.3 Å². The number of rotatable bonds is 5. The smallest absolute Gasteiger partial charge is 0.0367 e. The minimum atomic E-state index is 0.960. The van der Waals surface area contributed by atoms with Crippen LogP contribution in [0.5, 0.6) is 0 Å². The molecule has 19 heavy (non-hydrogen) atoms. The normalized spacial score (nSPS) is 16.3. The zero-order chi connectivity index (χ0) is 13.5. The second kappa shape index (κ2) is 7.21. The molecular formula is C17H24N2. The molecule has 0 aromatic heterocycles. The molecule has 1 aliphatic rings. The molecule has 0 saturated carbocycles. The van der Waals surface area contributed by atoms with Crippen molar-refractivity contribution in [3.8, 4) is 12.3 Å². The molecule has 0 amide bonds. The number of benzene rings is 1. The molecule has 0 aliphatic carbocycles. The highest BCUT2D eigenvalue weighted by atomic mass is 15.3. The number of piperazine rings is 1. The molecule has 2 rings (SSSR count). The first-order valence-corrected chi connectivity index (χ1v) is 7.37. The van der Waals surface area contributed by atoms with E-state index in [0.717, 1.165) is 18.7 Å². The van der Waals surface area contributed by atoms with Crippen LogP contribution in [0.2, 0.25) is 0 Å². The van der Waals surface area contributed by atoms with Crippen LogP contribution in [0.1, 0.15) is 31.7 Å². The summed E-state index contributed by atoms with van der Waals surface area (Å²) in [6, 6.07) is 8.34. The Balaban J connectivity index is 1.80. The minimum Gasteiger partial charge on any atom is -0.369 e. The lowest BCUT2D eigenvalue weighted by Crippen LogP contribution is -2.46. The predicted molar refractivity (Wildman–Crippen MR) is 82.6 cm³/mol. The fourth-order valence-corrected chi connectivity index (χ4v) is 2.58. The van der Waals surface area contributed by atoms with Crippen molar-refractivity contribution < 1.29 is 0 Å². The van der Waals surface area contributed by atoms with Crippen LogP contribution in [0.4, 0.5) is 5.69 Å². The van der Waals surface area contributed by atoms with E-state index in [9.17, 15) is 0 Å². The highest BCUT2D eigenvalue weighted by Crippen LogP contribution is 2.17. The van der Waals surface area contributed by atoms with Gasteiger partial charge in [-0.05, 0) is 37.2 Å². The summed E-state index contributed by atoms with van der Waals surface area (Å²) in [5, 5.41) is 0. The van der Waals surface area contributed by atoms with Crippen molar-refractivity contribution >= 4 is 5.69 Å². The van der Waals surface area contributed by atoms with E-state index in [0.29, 0.717) is 0 Å². The van der Waals surface area contributed by atoms with Gasteiger partial charge in [0.25, 0.3) is 0 Å². The van der Waals surface area contributed by atoms with Crippen molar-refractivity contribution in [2.75, 3.05) is 37.6 Å². The number of nitrogens with zero attached hydrogens (tertiary/aromatic N) is 2. The van der Waals surface area contributed by atoms with Gasteiger partial charge in [0, 0.05) is 37.4 Å². The molecule has 1 aromatic rings. The molecule has 0 unspecified atom stereocenters. The molecule has 102 valence electrons. The third-order valence-corrected chi connectivity index (χ3v) is 3.85. The van der Waals surface area contributed by atoms with E-state index in [-0.39, 0.29) is 0 Å². The third-order valence-electron chi connectivity index (χ3n) is 3.85. The van der Waals surface area contributed by atoms with E-state index in [1.54, 1.807) is 0 Å². The minimum absolute atomic E-state index is 0.960. The monoisotopic (exact) mass is 256 g/mol. The van der Waals surface area contributed by atoms with Gasteiger partial charge in [0.05, 0.1) is 0 Å². The van der Waals surface area contributed by atoms with Crippen LogP contribution in [0.3, 0.4) is 0 Å². The highest BCUT2D eigenvalue weighted by molar-refractivity contribution is 5.50. The highest BCUT2D eigenvalue weighted by Gasteiger charge is 2.16. The molecule has 1 aliphatic heterocycles. The van der Waals surface area contributed by atoms with Gasteiger partial charge in [0.15, 0.2) is 0 Å². The van der Waals surface area contributed by atoms with Crippen LogP contribution in [-0.4, -0.2) is 37.6 Å². The maximum atomic E-state index is 5.38. The number of terminal acetylenes is 1. The Morgan fingerprint density at radius 1 is 1.05 bits per heavy atom. The van der Waals surface area contributed by atoms with E-state index in [1.165, 1.54) is 44.6 Å². The number of hydrogen-bond acceptors (Lipinski definition) is 2. The van der Waals surface area contributed by atoms with Crippen LogP contribution in [-0.2, 0) is 0 Å². The lowest BCUT2D eigenvalue weighted by Gasteiger charge is -2.36. The molecule has 1 fully saturated rings. The Labute approximate surface area is 117 Å². The molecule has 0 radical (unpaired) electrons. The summed E-state index contributed by atoms with van der Waals surface area (Å²) in [6.07, 6.45) is 9.39. The summed E-state index contributed by atoms with van der Waals surface area (Å²) in [5.74, 6) is 2.67. The van der Waals surface area contributed by atoms with Crippen molar-refractivity contribution in [1.29, 1.82) is 0 Å². The zero-order valence-corrected chi connectivity index (χ0v) is 11.9. The van der Waals surface area contributed by atoms with Gasteiger partial charge in [0.1, 0.15) is 0 Å². The molecule has 2 heteroatoms. The Morgan fingerprint density at radius 2 is 1.74 bits per heavy atom. The molecule has 0 bridgehead atoms. The molecule has 1 saturated heterocycles. The molecule has 0 atom stereocenters. The van der Waals surface area contributed by atoms with E-state index >= 15 is 0 Å². The summed E-state index contributed by atoms with van der Waals surface area (Å²) in [4.78, 5) is 5.04. The topological polar surface area (TPSA) is 6.48 Å². The van der Waals surface area contributed by atoms with E-state index < -0.39 is 0 Å². The van der Waals surface area contributed by atoms with Gasteiger partial charge in [-0.3, -0.25) is 4.90 Å². The summed E-state index contributed by atoms with van der Waals surface area (Å²) in [5.41, 5.74) is 2.26. The van der Waals surface area contributed by atoms with Gasteiger partial charge < -0.3 is 4.90 Å². The standard InChI is InChI=1S/C17H24N2/c1-3-5-6-11-18-12-14-19(15-13-18)17-9-7-16(4-2)8-10-17/h2,7-10H,3,5-6,11-15H2,1H3. The van der Waals surface area contributed by atoms with Crippen LogP contribution >= 0.6 is 0 Å². The summed E-state index contributed by atoms with van der Waals surface area (Å²) in [7, 11) is 0. The maximum absolute atomic E-state index is 5.38. The fourth-order valence-electron chi connectivity index (χ4n) is 2.58. The quantitative estimate of drug-likeness (QED) is 0.590. The van der Waals surface area contributed by atoms with Crippen molar-refractivity contribution in [1.82, 2.24) is 4.90 Å². The summed E-state index contributed by atoms with van der Waals surface area (Å²) >= 11 is 0. The second-order valence-corrected chi connectivity index (χ2v) is 5.23. The van der Waals surface area contributed by atoms with Gasteiger partial charge in [-0.25, -0.2) is 0 Å². The van der Waals surface area contributed by atoms with Crippen molar-refractivity contribution in [3.05, 3.63) is 29.8 Å². The molecule has 1 aromatic carbocycles. The van der Waals surface area contributed by atoms with E-state index in [2.05, 4.69) is 34.8 Å². The molecular weight excluding hydrogens is 232 g/mol. The molecule has 0 spiro atoms. The van der Waals surface area contributed by atoms with Crippen molar-refractivity contribution in [3.63, 3.8) is 0 Å². The first-order chi connectivity index (χ1) is 9.33. The average molecular weight is 256 g/mol.